The van der Waals surface area contributed by atoms with Crippen molar-refractivity contribution in [3.63, 3.8) is 0 Å². The summed E-state index contributed by atoms with van der Waals surface area (Å²) in [6, 6.07) is 0. The molecule has 1 amide bonds. The van der Waals surface area contributed by atoms with Crippen molar-refractivity contribution in [3.05, 3.63) is 37.0 Å². The highest BCUT2D eigenvalue weighted by atomic mass is 16.6. The fourth-order valence-corrected chi connectivity index (χ4v) is 2.67. The van der Waals surface area contributed by atoms with Gasteiger partial charge in [0.25, 0.3) is 0 Å². The minimum atomic E-state index is -0.416. The van der Waals surface area contributed by atoms with Gasteiger partial charge < -0.3 is 14.4 Å². The minimum absolute atomic E-state index is 0.139. The molecule has 0 aromatic heterocycles. The van der Waals surface area contributed by atoms with Gasteiger partial charge in [-0.1, -0.05) is 59.1 Å². The number of carbonyl (C=O) groups is 2. The van der Waals surface area contributed by atoms with Gasteiger partial charge in [-0.25, -0.2) is 4.79 Å². The third-order valence-corrected chi connectivity index (χ3v) is 4.17. The third-order valence-electron chi connectivity index (χ3n) is 4.17. The molecule has 5 nitrogen and oxygen atoms in total. The number of carbonyl (C=O) groups excluding carboxylic acids is 2. The van der Waals surface area contributed by atoms with Crippen LogP contribution in [-0.2, 0) is 14.3 Å². The number of hydrogen-bond donors (Lipinski definition) is 0. The average Bonchev–Trinajstić information content (AvgIpc) is 2.65. The van der Waals surface area contributed by atoms with Gasteiger partial charge in [0.2, 0.25) is 0 Å². The van der Waals surface area contributed by atoms with Crippen LogP contribution >= 0.6 is 0 Å². The van der Waals surface area contributed by atoms with Crippen LogP contribution in [0.2, 0.25) is 0 Å². The van der Waals surface area contributed by atoms with E-state index in [4.69, 9.17) is 9.47 Å². The van der Waals surface area contributed by atoms with Crippen LogP contribution in [0.1, 0.15) is 34.1 Å². The van der Waals surface area contributed by atoms with E-state index >= 15 is 0 Å². The first kappa shape index (κ1) is 23.0. The smallest absolute Gasteiger partial charge is 0.410 e. The molecule has 0 aromatic carbocycles. The summed E-state index contributed by atoms with van der Waals surface area (Å²) in [6.45, 7) is 16.5. The standard InChI is InChI=1S/C18H27NO4.C2H6/c1-6-8-14(7-2)12-23-18(21)19-10-15(13(3)4)9-16(11-19)17(20)22-5;1-2/h6-8,13,15-16H,1-2,9-12H2,3-5H3;1-2H3/b14-8+;. The Labute approximate surface area is 152 Å². The van der Waals surface area contributed by atoms with Gasteiger partial charge in [0.05, 0.1) is 13.0 Å². The quantitative estimate of drug-likeness (QED) is 0.531. The topological polar surface area (TPSA) is 55.8 Å². The van der Waals surface area contributed by atoms with Crippen molar-refractivity contribution in [1.82, 2.24) is 4.90 Å². The molecule has 0 spiro atoms. The highest BCUT2D eigenvalue weighted by Gasteiger charge is 2.36. The SMILES string of the molecule is C=C/C=C(\C=C)COC(=O)N1CC(C(=O)OC)CC(C(C)C)C1.CC. The van der Waals surface area contributed by atoms with Crippen molar-refractivity contribution < 1.29 is 19.1 Å². The van der Waals surface area contributed by atoms with Crippen molar-refractivity contribution in [2.24, 2.45) is 17.8 Å². The second-order valence-electron chi connectivity index (χ2n) is 6.10. The minimum Gasteiger partial charge on any atom is -0.469 e. The molecule has 0 bridgehead atoms. The fourth-order valence-electron chi connectivity index (χ4n) is 2.67. The second kappa shape index (κ2) is 12.3. The highest BCUT2D eigenvalue weighted by molar-refractivity contribution is 5.75. The molecule has 2 unspecified atom stereocenters. The van der Waals surface area contributed by atoms with Gasteiger partial charge in [0, 0.05) is 13.1 Å². The largest absolute Gasteiger partial charge is 0.469 e. The van der Waals surface area contributed by atoms with Crippen molar-refractivity contribution in [3.8, 4) is 0 Å². The van der Waals surface area contributed by atoms with Crippen molar-refractivity contribution in [2.45, 2.75) is 34.1 Å². The number of ether oxygens (including phenoxy) is 2. The van der Waals surface area contributed by atoms with Crippen molar-refractivity contribution in [1.29, 1.82) is 0 Å². The Morgan fingerprint density at radius 2 is 1.88 bits per heavy atom. The zero-order chi connectivity index (χ0) is 19.4. The van der Waals surface area contributed by atoms with E-state index in [1.54, 1.807) is 23.1 Å². The lowest BCUT2D eigenvalue weighted by molar-refractivity contribution is -0.148. The Bertz CT molecular complexity index is 482. The number of esters is 1. The van der Waals surface area contributed by atoms with Gasteiger partial charge in [-0.2, -0.15) is 0 Å². The molecule has 2 atom stereocenters. The third kappa shape index (κ3) is 7.59. The molecule has 1 saturated heterocycles. The van der Waals surface area contributed by atoms with Crippen LogP contribution in [0, 0.1) is 17.8 Å². The molecule has 0 aliphatic carbocycles. The lowest BCUT2D eigenvalue weighted by Crippen LogP contribution is -2.47. The Balaban J connectivity index is 0.00000277. The van der Waals surface area contributed by atoms with Gasteiger partial charge >= 0.3 is 12.1 Å². The molecule has 1 aliphatic rings. The zero-order valence-electron chi connectivity index (χ0n) is 16.3. The van der Waals surface area contributed by atoms with Crippen LogP contribution in [-0.4, -0.2) is 43.8 Å². The number of piperidine rings is 1. The van der Waals surface area contributed by atoms with E-state index < -0.39 is 6.09 Å². The van der Waals surface area contributed by atoms with Crippen LogP contribution in [0.25, 0.3) is 0 Å². The summed E-state index contributed by atoms with van der Waals surface area (Å²) >= 11 is 0. The van der Waals surface area contributed by atoms with Crippen LogP contribution < -0.4 is 0 Å². The summed E-state index contributed by atoms with van der Waals surface area (Å²) in [5, 5.41) is 0. The van der Waals surface area contributed by atoms with Crippen LogP contribution in [0.4, 0.5) is 4.79 Å². The van der Waals surface area contributed by atoms with Crippen LogP contribution in [0.15, 0.2) is 37.0 Å². The molecular weight excluding hydrogens is 318 g/mol. The van der Waals surface area contributed by atoms with Gasteiger partial charge in [-0.3, -0.25) is 4.79 Å². The Hall–Kier alpha value is -2.04. The summed E-state index contributed by atoms with van der Waals surface area (Å²) < 4.78 is 10.2. The predicted molar refractivity (Wildman–Crippen MR) is 101 cm³/mol. The maximum absolute atomic E-state index is 12.3. The van der Waals surface area contributed by atoms with E-state index in [1.165, 1.54) is 7.11 Å². The average molecular weight is 351 g/mol. The van der Waals surface area contributed by atoms with Crippen molar-refractivity contribution >= 4 is 12.1 Å². The zero-order valence-corrected chi connectivity index (χ0v) is 16.3. The molecule has 1 heterocycles. The summed E-state index contributed by atoms with van der Waals surface area (Å²) in [7, 11) is 1.38. The number of likely N-dealkylation sites (tertiary alicyclic amines) is 1. The first-order valence-corrected chi connectivity index (χ1v) is 8.86. The predicted octanol–water partition coefficient (Wildman–Crippen LogP) is 4.21. The molecule has 0 aromatic rings. The number of hydrogen-bond acceptors (Lipinski definition) is 4. The van der Waals surface area contributed by atoms with Gasteiger partial charge in [0.1, 0.15) is 6.61 Å². The first-order chi connectivity index (χ1) is 11.9. The van der Waals surface area contributed by atoms with E-state index in [0.717, 1.165) is 12.0 Å². The molecule has 142 valence electrons. The summed E-state index contributed by atoms with van der Waals surface area (Å²) in [6.07, 6.45) is 5.31. The summed E-state index contributed by atoms with van der Waals surface area (Å²) in [4.78, 5) is 25.8. The molecule has 1 aliphatic heterocycles. The molecular formula is C20H33NO4. The molecule has 5 heteroatoms. The Kier molecular flexibility index (Phi) is 11.3. The normalized spacial score (nSPS) is 20.2. The Morgan fingerprint density at radius 3 is 2.36 bits per heavy atom. The lowest BCUT2D eigenvalue weighted by Gasteiger charge is -2.37. The Morgan fingerprint density at radius 1 is 1.24 bits per heavy atom. The molecule has 25 heavy (non-hydrogen) atoms. The van der Waals surface area contributed by atoms with Crippen molar-refractivity contribution in [2.75, 3.05) is 26.8 Å². The maximum Gasteiger partial charge on any atom is 0.410 e. The van der Waals surface area contributed by atoms with E-state index in [2.05, 4.69) is 27.0 Å². The van der Waals surface area contributed by atoms with E-state index in [9.17, 15) is 9.59 Å². The molecule has 0 radical (unpaired) electrons. The van der Waals surface area contributed by atoms with Gasteiger partial charge in [-0.05, 0) is 23.8 Å². The molecule has 1 rings (SSSR count). The molecule has 0 N–H and O–H groups in total. The van der Waals surface area contributed by atoms with Crippen LogP contribution in [0.5, 0.6) is 0 Å². The maximum atomic E-state index is 12.3. The lowest BCUT2D eigenvalue weighted by atomic mass is 9.82. The van der Waals surface area contributed by atoms with Gasteiger partial charge in [-0.15, -0.1) is 0 Å². The first-order valence-electron chi connectivity index (χ1n) is 8.86. The second-order valence-corrected chi connectivity index (χ2v) is 6.10. The highest BCUT2D eigenvalue weighted by Crippen LogP contribution is 2.28. The van der Waals surface area contributed by atoms with E-state index in [1.807, 2.05) is 13.8 Å². The number of rotatable bonds is 6. The fraction of sp³-hybridized carbons (Fsp3) is 0.600. The summed E-state index contributed by atoms with van der Waals surface area (Å²) in [5.74, 6) is 0.0629. The number of allylic oxidation sites excluding steroid dienone is 2. The summed E-state index contributed by atoms with van der Waals surface area (Å²) in [5.41, 5.74) is 0.773. The molecule has 1 fully saturated rings. The number of nitrogens with zero attached hydrogens (tertiary/aromatic N) is 1. The van der Waals surface area contributed by atoms with Gasteiger partial charge in [0.15, 0.2) is 0 Å². The van der Waals surface area contributed by atoms with E-state index in [-0.39, 0.29) is 24.4 Å². The monoisotopic (exact) mass is 351 g/mol. The molecule has 0 saturated carbocycles. The number of amides is 1. The number of methoxy groups -OCH3 is 1. The van der Waals surface area contributed by atoms with E-state index in [0.29, 0.717) is 19.0 Å². The van der Waals surface area contributed by atoms with Crippen LogP contribution in [0.3, 0.4) is 0 Å².